The molecular weight excluding hydrogens is 162 g/mol. The monoisotopic (exact) mass is 173 g/mol. The molecule has 1 aromatic heterocycles. The largest absolute Gasteiger partial charge is 0.342 e. The first-order chi connectivity index (χ1) is 6.31. The average molecular weight is 173 g/mol. The minimum absolute atomic E-state index is 0.261. The highest BCUT2D eigenvalue weighted by molar-refractivity contribution is 5.98. The predicted molar refractivity (Wildman–Crippen MR) is 50.5 cm³/mol. The molecule has 1 aliphatic rings. The van der Waals surface area contributed by atoms with Crippen molar-refractivity contribution >= 4 is 5.78 Å². The van der Waals surface area contributed by atoms with Crippen LogP contribution in [-0.4, -0.2) is 10.4 Å². The summed E-state index contributed by atoms with van der Waals surface area (Å²) in [5, 5.41) is 0. The SMILES string of the molecule is C#CCn1cc2c(c1)C(=O)CCC2. The van der Waals surface area contributed by atoms with E-state index in [0.717, 1.165) is 24.0 Å². The molecule has 0 saturated heterocycles. The number of carbonyl (C=O) groups is 1. The molecule has 66 valence electrons. The van der Waals surface area contributed by atoms with Crippen molar-refractivity contribution in [1.29, 1.82) is 0 Å². The number of carbonyl (C=O) groups excluding carboxylic acids is 1. The molecule has 0 fully saturated rings. The smallest absolute Gasteiger partial charge is 0.164 e. The van der Waals surface area contributed by atoms with E-state index in [4.69, 9.17) is 6.42 Å². The first-order valence-electron chi connectivity index (χ1n) is 4.46. The lowest BCUT2D eigenvalue weighted by Crippen LogP contribution is -2.07. The zero-order valence-electron chi connectivity index (χ0n) is 7.42. The number of Topliss-reactive ketones (excluding diaryl/α,β-unsaturated/α-hetero) is 1. The third kappa shape index (κ3) is 1.38. The standard InChI is InChI=1S/C11H11NO/c1-2-6-12-7-9-4-3-5-11(13)10(9)8-12/h1,7-8H,3-6H2. The van der Waals surface area contributed by atoms with E-state index in [2.05, 4.69) is 5.92 Å². The molecule has 0 aromatic carbocycles. The van der Waals surface area contributed by atoms with Crippen molar-refractivity contribution in [3.8, 4) is 12.3 Å². The molecule has 1 aromatic rings. The van der Waals surface area contributed by atoms with E-state index in [-0.39, 0.29) is 5.78 Å². The van der Waals surface area contributed by atoms with Crippen LogP contribution in [0.5, 0.6) is 0 Å². The molecule has 0 saturated carbocycles. The van der Waals surface area contributed by atoms with Gasteiger partial charge in [-0.05, 0) is 18.4 Å². The van der Waals surface area contributed by atoms with Gasteiger partial charge in [0.05, 0.1) is 6.54 Å². The highest BCUT2D eigenvalue weighted by Crippen LogP contribution is 2.21. The van der Waals surface area contributed by atoms with Crippen LogP contribution in [0.3, 0.4) is 0 Å². The van der Waals surface area contributed by atoms with Gasteiger partial charge in [-0.25, -0.2) is 0 Å². The number of fused-ring (bicyclic) bond motifs is 1. The molecule has 0 radical (unpaired) electrons. The summed E-state index contributed by atoms with van der Waals surface area (Å²) in [6.07, 6.45) is 11.7. The van der Waals surface area contributed by atoms with Crippen LogP contribution >= 0.6 is 0 Å². The van der Waals surface area contributed by atoms with Crippen molar-refractivity contribution in [2.45, 2.75) is 25.8 Å². The van der Waals surface area contributed by atoms with Gasteiger partial charge >= 0.3 is 0 Å². The predicted octanol–water partition coefficient (Wildman–Crippen LogP) is 1.64. The van der Waals surface area contributed by atoms with E-state index < -0.39 is 0 Å². The van der Waals surface area contributed by atoms with E-state index in [1.807, 2.05) is 17.0 Å². The zero-order valence-corrected chi connectivity index (χ0v) is 7.42. The molecule has 1 heterocycles. The van der Waals surface area contributed by atoms with E-state index in [1.165, 1.54) is 0 Å². The van der Waals surface area contributed by atoms with E-state index in [0.29, 0.717) is 13.0 Å². The second kappa shape index (κ2) is 3.10. The van der Waals surface area contributed by atoms with Crippen LogP contribution in [0.25, 0.3) is 0 Å². The summed E-state index contributed by atoms with van der Waals surface area (Å²) < 4.78 is 1.91. The van der Waals surface area contributed by atoms with Crippen LogP contribution in [-0.2, 0) is 13.0 Å². The van der Waals surface area contributed by atoms with Crippen LogP contribution in [0.15, 0.2) is 12.4 Å². The Kier molecular flexibility index (Phi) is 1.94. The fraction of sp³-hybridized carbons (Fsp3) is 0.364. The molecule has 2 heteroatoms. The summed E-state index contributed by atoms with van der Waals surface area (Å²) in [7, 11) is 0. The van der Waals surface area contributed by atoms with Gasteiger partial charge < -0.3 is 4.57 Å². The minimum Gasteiger partial charge on any atom is -0.342 e. The van der Waals surface area contributed by atoms with Gasteiger partial charge in [0.15, 0.2) is 5.78 Å². The maximum atomic E-state index is 11.4. The van der Waals surface area contributed by atoms with Gasteiger partial charge in [0.25, 0.3) is 0 Å². The molecular formula is C11H11NO. The Morgan fingerprint density at radius 1 is 1.46 bits per heavy atom. The second-order valence-electron chi connectivity index (χ2n) is 3.35. The van der Waals surface area contributed by atoms with Crippen molar-refractivity contribution < 1.29 is 4.79 Å². The third-order valence-electron chi connectivity index (χ3n) is 2.39. The fourth-order valence-electron chi connectivity index (χ4n) is 1.78. The molecule has 0 aliphatic heterocycles. The summed E-state index contributed by atoms with van der Waals surface area (Å²) in [5.74, 6) is 2.82. The Morgan fingerprint density at radius 2 is 2.31 bits per heavy atom. The molecule has 0 N–H and O–H groups in total. The molecule has 0 amide bonds. The summed E-state index contributed by atoms with van der Waals surface area (Å²) in [6, 6.07) is 0. The molecule has 0 bridgehead atoms. The summed E-state index contributed by atoms with van der Waals surface area (Å²) in [6.45, 7) is 0.556. The van der Waals surface area contributed by atoms with Gasteiger partial charge in [-0.15, -0.1) is 6.42 Å². The number of aromatic nitrogens is 1. The van der Waals surface area contributed by atoms with Gasteiger partial charge in [0.1, 0.15) is 0 Å². The van der Waals surface area contributed by atoms with Gasteiger partial charge in [0, 0.05) is 24.4 Å². The highest BCUT2D eigenvalue weighted by Gasteiger charge is 2.18. The van der Waals surface area contributed by atoms with Crippen molar-refractivity contribution in [2.75, 3.05) is 0 Å². The summed E-state index contributed by atoms with van der Waals surface area (Å²) >= 11 is 0. The van der Waals surface area contributed by atoms with Crippen LogP contribution in [0, 0.1) is 12.3 Å². The number of hydrogen-bond acceptors (Lipinski definition) is 1. The van der Waals surface area contributed by atoms with Crippen LogP contribution < -0.4 is 0 Å². The van der Waals surface area contributed by atoms with Crippen LogP contribution in [0.2, 0.25) is 0 Å². The quantitative estimate of drug-likeness (QED) is 0.592. The minimum atomic E-state index is 0.261. The van der Waals surface area contributed by atoms with Crippen molar-refractivity contribution in [2.24, 2.45) is 0 Å². The Bertz CT molecular complexity index is 381. The lowest BCUT2D eigenvalue weighted by molar-refractivity contribution is 0.0973. The number of ketones is 1. The Hall–Kier alpha value is -1.49. The lowest BCUT2D eigenvalue weighted by atomic mass is 9.95. The first kappa shape index (κ1) is 8.12. The van der Waals surface area contributed by atoms with Crippen LogP contribution in [0.4, 0.5) is 0 Å². The van der Waals surface area contributed by atoms with Crippen molar-refractivity contribution in [3.63, 3.8) is 0 Å². The Balaban J connectivity index is 2.37. The van der Waals surface area contributed by atoms with Crippen molar-refractivity contribution in [1.82, 2.24) is 4.57 Å². The molecule has 13 heavy (non-hydrogen) atoms. The fourth-order valence-corrected chi connectivity index (χ4v) is 1.78. The van der Waals surface area contributed by atoms with Gasteiger partial charge in [-0.2, -0.15) is 0 Å². The van der Waals surface area contributed by atoms with Crippen LogP contribution in [0.1, 0.15) is 28.8 Å². The third-order valence-corrected chi connectivity index (χ3v) is 2.39. The first-order valence-corrected chi connectivity index (χ1v) is 4.46. The van der Waals surface area contributed by atoms with Crippen molar-refractivity contribution in [3.05, 3.63) is 23.5 Å². The maximum Gasteiger partial charge on any atom is 0.164 e. The Labute approximate surface area is 77.6 Å². The molecule has 0 unspecified atom stereocenters. The van der Waals surface area contributed by atoms with E-state index in [9.17, 15) is 4.79 Å². The second-order valence-corrected chi connectivity index (χ2v) is 3.35. The maximum absolute atomic E-state index is 11.4. The molecule has 0 atom stereocenters. The Morgan fingerprint density at radius 3 is 3.00 bits per heavy atom. The number of aryl methyl sites for hydroxylation is 1. The molecule has 1 aliphatic carbocycles. The summed E-state index contributed by atoms with van der Waals surface area (Å²) in [4.78, 5) is 11.4. The van der Waals surface area contributed by atoms with Gasteiger partial charge in [-0.3, -0.25) is 4.79 Å². The average Bonchev–Trinajstić information content (AvgIpc) is 2.49. The van der Waals surface area contributed by atoms with E-state index >= 15 is 0 Å². The van der Waals surface area contributed by atoms with Gasteiger partial charge in [-0.1, -0.05) is 5.92 Å². The summed E-state index contributed by atoms with van der Waals surface area (Å²) in [5.41, 5.74) is 2.04. The van der Waals surface area contributed by atoms with Gasteiger partial charge in [0.2, 0.25) is 0 Å². The molecule has 2 nitrogen and oxygen atoms in total. The number of terminal acetylenes is 1. The zero-order chi connectivity index (χ0) is 9.26. The normalized spacial score (nSPS) is 15.2. The number of nitrogens with zero attached hydrogens (tertiary/aromatic N) is 1. The van der Waals surface area contributed by atoms with E-state index in [1.54, 1.807) is 0 Å². The number of hydrogen-bond donors (Lipinski definition) is 0. The molecule has 0 spiro atoms. The lowest BCUT2D eigenvalue weighted by Gasteiger charge is -2.07. The molecule has 2 rings (SSSR count). The number of rotatable bonds is 1. The highest BCUT2D eigenvalue weighted by atomic mass is 16.1. The topological polar surface area (TPSA) is 22.0 Å².